The van der Waals surface area contributed by atoms with Crippen LogP contribution in [0, 0.1) is 0 Å². The number of hydrogen-bond donors (Lipinski definition) is 1. The summed E-state index contributed by atoms with van der Waals surface area (Å²) >= 11 is 6.07. The van der Waals surface area contributed by atoms with Crippen LogP contribution in [0.1, 0.15) is 5.56 Å². The molecule has 0 fully saturated rings. The van der Waals surface area contributed by atoms with Gasteiger partial charge < -0.3 is 14.9 Å². The maximum absolute atomic E-state index is 13.0. The summed E-state index contributed by atoms with van der Waals surface area (Å²) in [6.45, 7) is 0.121. The summed E-state index contributed by atoms with van der Waals surface area (Å²) in [5, 5.41) is 0.496. The molecule has 0 aliphatic rings. The first-order valence-corrected chi connectivity index (χ1v) is 7.96. The Labute approximate surface area is 150 Å². The molecular formula is C18H13ClF3NO3. The van der Waals surface area contributed by atoms with Crippen molar-refractivity contribution in [3.63, 3.8) is 0 Å². The van der Waals surface area contributed by atoms with Gasteiger partial charge in [-0.05, 0) is 30.3 Å². The standard InChI is InChI=1S/C18H13ClF3NO3/c19-13-3-1-2-11-14(24)9-16(26-17(11)13)12-5-4-10(18(20,21)22)8-15(12)25-7-6-23/h1-5,8-9H,6-7,23H2. The minimum atomic E-state index is -4.53. The van der Waals surface area contributed by atoms with Crippen LogP contribution < -0.4 is 15.9 Å². The third-order valence-corrected chi connectivity index (χ3v) is 3.95. The number of nitrogens with two attached hydrogens (primary N) is 1. The van der Waals surface area contributed by atoms with Crippen molar-refractivity contribution in [2.75, 3.05) is 13.2 Å². The van der Waals surface area contributed by atoms with Crippen molar-refractivity contribution in [2.24, 2.45) is 5.73 Å². The Balaban J connectivity index is 2.21. The molecule has 3 aromatic rings. The van der Waals surface area contributed by atoms with Gasteiger partial charge in [0.15, 0.2) is 11.0 Å². The fourth-order valence-corrected chi connectivity index (χ4v) is 2.68. The Hall–Kier alpha value is -2.51. The molecule has 4 nitrogen and oxygen atoms in total. The second-order valence-corrected chi connectivity index (χ2v) is 5.84. The van der Waals surface area contributed by atoms with E-state index in [4.69, 9.17) is 26.5 Å². The maximum atomic E-state index is 13.0. The largest absolute Gasteiger partial charge is 0.491 e. The summed E-state index contributed by atoms with van der Waals surface area (Å²) in [7, 11) is 0. The summed E-state index contributed by atoms with van der Waals surface area (Å²) < 4.78 is 50.0. The molecule has 8 heteroatoms. The van der Waals surface area contributed by atoms with Crippen molar-refractivity contribution in [3.8, 4) is 17.1 Å². The molecular weight excluding hydrogens is 371 g/mol. The number of halogens is 4. The van der Waals surface area contributed by atoms with Crippen LogP contribution >= 0.6 is 11.6 Å². The summed E-state index contributed by atoms with van der Waals surface area (Å²) in [6, 6.07) is 8.83. The third-order valence-electron chi connectivity index (χ3n) is 3.66. The predicted molar refractivity (Wildman–Crippen MR) is 92.5 cm³/mol. The Morgan fingerprint density at radius 2 is 1.92 bits per heavy atom. The van der Waals surface area contributed by atoms with Crippen molar-refractivity contribution in [1.82, 2.24) is 0 Å². The van der Waals surface area contributed by atoms with E-state index in [2.05, 4.69) is 0 Å². The molecule has 2 N–H and O–H groups in total. The molecule has 0 aliphatic carbocycles. The van der Waals surface area contributed by atoms with Gasteiger partial charge in [-0.1, -0.05) is 17.7 Å². The van der Waals surface area contributed by atoms with Gasteiger partial charge in [-0.25, -0.2) is 0 Å². The number of fused-ring (bicyclic) bond motifs is 1. The van der Waals surface area contributed by atoms with Crippen molar-refractivity contribution < 1.29 is 22.3 Å². The molecule has 0 aliphatic heterocycles. The summed E-state index contributed by atoms with van der Waals surface area (Å²) in [5.41, 5.74) is 4.48. The topological polar surface area (TPSA) is 65.5 Å². The van der Waals surface area contributed by atoms with Crippen LogP contribution in [0.3, 0.4) is 0 Å². The molecule has 0 saturated carbocycles. The Morgan fingerprint density at radius 1 is 1.15 bits per heavy atom. The van der Waals surface area contributed by atoms with Gasteiger partial charge in [-0.2, -0.15) is 13.2 Å². The van der Waals surface area contributed by atoms with Crippen LogP contribution in [0.2, 0.25) is 5.02 Å². The molecule has 136 valence electrons. The smallest absolute Gasteiger partial charge is 0.416 e. The van der Waals surface area contributed by atoms with Gasteiger partial charge in [0, 0.05) is 12.6 Å². The molecule has 0 bridgehead atoms. The van der Waals surface area contributed by atoms with Gasteiger partial charge in [0.05, 0.1) is 21.5 Å². The lowest BCUT2D eigenvalue weighted by Gasteiger charge is -2.14. The predicted octanol–water partition coefficient (Wildman–Crippen LogP) is 4.47. The van der Waals surface area contributed by atoms with Crippen LogP contribution in [-0.4, -0.2) is 13.2 Å². The Morgan fingerprint density at radius 3 is 2.62 bits per heavy atom. The van der Waals surface area contributed by atoms with Crippen LogP contribution in [0.15, 0.2) is 51.7 Å². The normalized spacial score (nSPS) is 11.7. The number of hydrogen-bond acceptors (Lipinski definition) is 4. The van der Waals surface area contributed by atoms with E-state index in [1.54, 1.807) is 18.2 Å². The number of alkyl halides is 3. The van der Waals surface area contributed by atoms with Gasteiger partial charge in [-0.15, -0.1) is 0 Å². The Kier molecular flexibility index (Phi) is 4.93. The number of para-hydroxylation sites is 1. The molecule has 2 aromatic carbocycles. The lowest BCUT2D eigenvalue weighted by atomic mass is 10.1. The fraction of sp³-hybridized carbons (Fsp3) is 0.167. The van der Waals surface area contributed by atoms with E-state index in [1.807, 2.05) is 0 Å². The molecule has 0 atom stereocenters. The van der Waals surface area contributed by atoms with Crippen LogP contribution in [0.5, 0.6) is 5.75 Å². The summed E-state index contributed by atoms with van der Waals surface area (Å²) in [4.78, 5) is 12.3. The quantitative estimate of drug-likeness (QED) is 0.722. The highest BCUT2D eigenvalue weighted by Crippen LogP contribution is 2.38. The van der Waals surface area contributed by atoms with Gasteiger partial charge in [0.25, 0.3) is 0 Å². The second kappa shape index (κ2) is 7.01. The summed E-state index contributed by atoms with van der Waals surface area (Å²) in [6.07, 6.45) is -4.53. The number of benzene rings is 2. The second-order valence-electron chi connectivity index (χ2n) is 5.44. The average molecular weight is 384 g/mol. The molecule has 1 heterocycles. The molecule has 0 saturated heterocycles. The van der Waals surface area contributed by atoms with Crippen molar-refractivity contribution in [2.45, 2.75) is 6.18 Å². The van der Waals surface area contributed by atoms with E-state index in [0.717, 1.165) is 12.1 Å². The first-order chi connectivity index (χ1) is 12.3. The van der Waals surface area contributed by atoms with E-state index >= 15 is 0 Å². The van der Waals surface area contributed by atoms with E-state index in [-0.39, 0.29) is 51.6 Å². The molecule has 3 rings (SSSR count). The minimum Gasteiger partial charge on any atom is -0.491 e. The number of ether oxygens (including phenoxy) is 1. The van der Waals surface area contributed by atoms with Crippen LogP contribution in [0.25, 0.3) is 22.3 Å². The zero-order valence-electron chi connectivity index (χ0n) is 13.3. The monoisotopic (exact) mass is 383 g/mol. The molecule has 0 radical (unpaired) electrons. The molecule has 1 aromatic heterocycles. The van der Waals surface area contributed by atoms with Gasteiger partial charge >= 0.3 is 6.18 Å². The molecule has 0 spiro atoms. The first-order valence-electron chi connectivity index (χ1n) is 7.58. The zero-order chi connectivity index (χ0) is 18.9. The number of rotatable bonds is 4. The van der Waals surface area contributed by atoms with Gasteiger partial charge in [0.1, 0.15) is 18.1 Å². The highest BCUT2D eigenvalue weighted by Gasteiger charge is 2.31. The third kappa shape index (κ3) is 3.54. The van der Waals surface area contributed by atoms with E-state index in [9.17, 15) is 18.0 Å². The van der Waals surface area contributed by atoms with Crippen LogP contribution in [0.4, 0.5) is 13.2 Å². The van der Waals surface area contributed by atoms with E-state index in [0.29, 0.717) is 0 Å². The minimum absolute atomic E-state index is 0.00683. The first kappa shape index (κ1) is 18.3. The van der Waals surface area contributed by atoms with Crippen molar-refractivity contribution in [1.29, 1.82) is 0 Å². The molecule has 0 amide bonds. The van der Waals surface area contributed by atoms with Crippen molar-refractivity contribution in [3.05, 3.63) is 63.3 Å². The lowest BCUT2D eigenvalue weighted by Crippen LogP contribution is -2.12. The fourth-order valence-electron chi connectivity index (χ4n) is 2.47. The van der Waals surface area contributed by atoms with Gasteiger partial charge in [0.2, 0.25) is 0 Å². The SMILES string of the molecule is NCCOc1cc(C(F)(F)F)ccc1-c1cc(=O)c2cccc(Cl)c2o1. The highest BCUT2D eigenvalue weighted by molar-refractivity contribution is 6.34. The van der Waals surface area contributed by atoms with E-state index < -0.39 is 11.7 Å². The van der Waals surface area contributed by atoms with Crippen molar-refractivity contribution >= 4 is 22.6 Å². The zero-order valence-corrected chi connectivity index (χ0v) is 14.0. The molecule has 26 heavy (non-hydrogen) atoms. The van der Waals surface area contributed by atoms with Gasteiger partial charge in [-0.3, -0.25) is 4.79 Å². The average Bonchev–Trinajstić information content (AvgIpc) is 2.59. The lowest BCUT2D eigenvalue weighted by molar-refractivity contribution is -0.137. The van der Waals surface area contributed by atoms with Crippen LogP contribution in [-0.2, 0) is 6.18 Å². The summed E-state index contributed by atoms with van der Waals surface area (Å²) in [5.74, 6) is -0.0313. The molecule has 0 unspecified atom stereocenters. The maximum Gasteiger partial charge on any atom is 0.416 e. The highest BCUT2D eigenvalue weighted by atomic mass is 35.5. The Bertz CT molecular complexity index is 1010. The van der Waals surface area contributed by atoms with E-state index in [1.165, 1.54) is 12.1 Å².